The van der Waals surface area contributed by atoms with E-state index in [9.17, 15) is 9.59 Å². The summed E-state index contributed by atoms with van der Waals surface area (Å²) in [6.45, 7) is 7.26. The molecule has 6 nitrogen and oxygen atoms in total. The molecule has 6 heteroatoms. The highest BCUT2D eigenvalue weighted by Gasteiger charge is 2.25. The van der Waals surface area contributed by atoms with Crippen molar-refractivity contribution in [3.8, 4) is 0 Å². The van der Waals surface area contributed by atoms with E-state index in [2.05, 4.69) is 10.3 Å². The van der Waals surface area contributed by atoms with Crippen molar-refractivity contribution in [2.75, 3.05) is 0 Å². The molecule has 2 aromatic rings. The summed E-state index contributed by atoms with van der Waals surface area (Å²) in [6.07, 6.45) is 5.74. The number of alkyl carbamates (subject to hydrolysis) is 1. The minimum atomic E-state index is -0.538. The average Bonchev–Trinajstić information content (AvgIpc) is 3.22. The normalized spacial score (nSPS) is 14.7. The van der Waals surface area contributed by atoms with Gasteiger partial charge in [0.25, 0.3) is 0 Å². The van der Waals surface area contributed by atoms with Crippen LogP contribution in [0.25, 0.3) is 5.65 Å². The zero-order chi connectivity index (χ0) is 17.5. The van der Waals surface area contributed by atoms with Crippen LogP contribution in [0.3, 0.4) is 0 Å². The van der Waals surface area contributed by atoms with Crippen LogP contribution in [0, 0.1) is 0 Å². The van der Waals surface area contributed by atoms with E-state index >= 15 is 0 Å². The van der Waals surface area contributed by atoms with Crippen LogP contribution in [0.1, 0.15) is 68.1 Å². The van der Waals surface area contributed by atoms with E-state index in [-0.39, 0.29) is 12.3 Å². The van der Waals surface area contributed by atoms with Gasteiger partial charge in [0.2, 0.25) is 0 Å². The molecule has 1 aliphatic rings. The van der Waals surface area contributed by atoms with Crippen molar-refractivity contribution in [2.45, 2.75) is 58.6 Å². The van der Waals surface area contributed by atoms with Crippen LogP contribution in [-0.4, -0.2) is 26.9 Å². The first-order valence-corrected chi connectivity index (χ1v) is 8.22. The van der Waals surface area contributed by atoms with Crippen LogP contribution < -0.4 is 5.32 Å². The fourth-order valence-corrected chi connectivity index (χ4v) is 2.63. The Morgan fingerprint density at radius 1 is 1.33 bits per heavy atom. The Labute approximate surface area is 141 Å². The maximum Gasteiger partial charge on any atom is 0.407 e. The van der Waals surface area contributed by atoms with Gasteiger partial charge in [-0.15, -0.1) is 0 Å². The van der Waals surface area contributed by atoms with Crippen molar-refractivity contribution in [1.82, 2.24) is 14.7 Å². The van der Waals surface area contributed by atoms with E-state index in [4.69, 9.17) is 4.74 Å². The number of fused-ring (bicyclic) bond motifs is 1. The zero-order valence-corrected chi connectivity index (χ0v) is 14.5. The molecule has 0 unspecified atom stereocenters. The van der Waals surface area contributed by atoms with Crippen LogP contribution in [-0.2, 0) is 11.3 Å². The molecular weight excluding hydrogens is 306 g/mol. The molecule has 0 radical (unpaired) electrons. The molecule has 128 valence electrons. The van der Waals surface area contributed by atoms with E-state index in [1.807, 2.05) is 43.6 Å². The summed E-state index contributed by atoms with van der Waals surface area (Å²) in [4.78, 5) is 28.2. The first kappa shape index (κ1) is 16.5. The lowest BCUT2D eigenvalue weighted by molar-refractivity contribution is 0.0523. The highest BCUT2D eigenvalue weighted by atomic mass is 16.6. The van der Waals surface area contributed by atoms with Gasteiger partial charge in [-0.3, -0.25) is 4.79 Å². The van der Waals surface area contributed by atoms with Gasteiger partial charge in [-0.25, -0.2) is 9.78 Å². The highest BCUT2D eigenvalue weighted by molar-refractivity contribution is 6.00. The fraction of sp³-hybridized carbons (Fsp3) is 0.500. The SMILES string of the molecule is CC(=O)c1cc(C2CC2)cn2cc(CNC(=O)OC(C)(C)C)nc12. The predicted molar refractivity (Wildman–Crippen MR) is 90.2 cm³/mol. The molecule has 2 aromatic heterocycles. The number of hydrogen-bond acceptors (Lipinski definition) is 4. The van der Waals surface area contributed by atoms with Crippen LogP contribution in [0.5, 0.6) is 0 Å². The lowest BCUT2D eigenvalue weighted by Crippen LogP contribution is -2.32. The van der Waals surface area contributed by atoms with Gasteiger partial charge in [-0.05, 0) is 58.1 Å². The summed E-state index contributed by atoms with van der Waals surface area (Å²) >= 11 is 0. The number of carbonyl (C=O) groups excluding carboxylic acids is 2. The number of nitrogens with zero attached hydrogens (tertiary/aromatic N) is 2. The van der Waals surface area contributed by atoms with Gasteiger partial charge in [-0.2, -0.15) is 0 Å². The molecule has 0 aliphatic heterocycles. The third-order valence-electron chi connectivity index (χ3n) is 3.86. The molecule has 1 saturated carbocycles. The third-order valence-corrected chi connectivity index (χ3v) is 3.86. The number of aromatic nitrogens is 2. The second kappa shape index (κ2) is 5.92. The second-order valence-electron chi connectivity index (χ2n) is 7.34. The van der Waals surface area contributed by atoms with Crippen LogP contribution >= 0.6 is 0 Å². The molecule has 0 bridgehead atoms. The zero-order valence-electron chi connectivity index (χ0n) is 14.5. The summed E-state index contributed by atoms with van der Waals surface area (Å²) in [5.74, 6) is 0.554. The number of hydrogen-bond donors (Lipinski definition) is 1. The van der Waals surface area contributed by atoms with E-state index in [1.54, 1.807) is 6.92 Å². The Morgan fingerprint density at radius 2 is 2.04 bits per heavy atom. The second-order valence-corrected chi connectivity index (χ2v) is 7.34. The molecule has 0 saturated heterocycles. The Balaban J connectivity index is 1.81. The van der Waals surface area contributed by atoms with E-state index in [1.165, 1.54) is 18.4 Å². The third kappa shape index (κ3) is 3.75. The van der Waals surface area contributed by atoms with Crippen molar-refractivity contribution < 1.29 is 14.3 Å². The quantitative estimate of drug-likeness (QED) is 0.872. The number of Topliss-reactive ketones (excluding diaryl/α,β-unsaturated/α-hetero) is 1. The smallest absolute Gasteiger partial charge is 0.407 e. The van der Waals surface area contributed by atoms with E-state index in [0.717, 1.165) is 0 Å². The Bertz CT molecular complexity index is 798. The topological polar surface area (TPSA) is 72.7 Å². The minimum Gasteiger partial charge on any atom is -0.444 e. The van der Waals surface area contributed by atoms with Gasteiger partial charge in [-0.1, -0.05) is 0 Å². The number of ether oxygens (including phenoxy) is 1. The molecule has 1 fully saturated rings. The van der Waals surface area contributed by atoms with Crippen LogP contribution in [0.2, 0.25) is 0 Å². The fourth-order valence-electron chi connectivity index (χ4n) is 2.63. The van der Waals surface area contributed by atoms with Gasteiger partial charge in [0, 0.05) is 12.4 Å². The largest absolute Gasteiger partial charge is 0.444 e. The Hall–Kier alpha value is -2.37. The summed E-state index contributed by atoms with van der Waals surface area (Å²) in [5.41, 5.74) is 2.59. The minimum absolute atomic E-state index is 0.000230. The van der Waals surface area contributed by atoms with Gasteiger partial charge in [0.05, 0.1) is 17.8 Å². The average molecular weight is 329 g/mol. The number of carbonyl (C=O) groups is 2. The molecule has 0 spiro atoms. The molecule has 1 N–H and O–H groups in total. The standard InChI is InChI=1S/C18H23N3O3/c1-11(22)15-7-13(12-5-6-12)9-21-10-14(20-16(15)21)8-19-17(23)24-18(2,3)4/h7,9-10,12H,5-6,8H2,1-4H3,(H,19,23). The van der Waals surface area contributed by atoms with Crippen molar-refractivity contribution in [3.63, 3.8) is 0 Å². The summed E-state index contributed by atoms with van der Waals surface area (Å²) < 4.78 is 7.10. The monoisotopic (exact) mass is 329 g/mol. The molecule has 3 rings (SSSR count). The van der Waals surface area contributed by atoms with Crippen LogP contribution in [0.4, 0.5) is 4.79 Å². The van der Waals surface area contributed by atoms with Gasteiger partial charge < -0.3 is 14.5 Å². The number of rotatable bonds is 4. The Kier molecular flexibility index (Phi) is 4.07. The lowest BCUT2D eigenvalue weighted by atomic mass is 10.1. The molecular formula is C18H23N3O3. The van der Waals surface area contributed by atoms with Crippen molar-refractivity contribution in [1.29, 1.82) is 0 Å². The Morgan fingerprint density at radius 3 is 2.62 bits per heavy atom. The summed E-state index contributed by atoms with van der Waals surface area (Å²) in [5, 5.41) is 2.69. The number of pyridine rings is 1. The predicted octanol–water partition coefficient (Wildman–Crippen LogP) is 3.44. The molecule has 24 heavy (non-hydrogen) atoms. The van der Waals surface area contributed by atoms with Gasteiger partial charge in [0.15, 0.2) is 5.78 Å². The number of imidazole rings is 1. The van der Waals surface area contributed by atoms with Crippen LogP contribution in [0.15, 0.2) is 18.5 Å². The molecule has 0 atom stereocenters. The number of amides is 1. The maximum absolute atomic E-state index is 11.9. The van der Waals surface area contributed by atoms with E-state index in [0.29, 0.717) is 22.8 Å². The summed E-state index contributed by atoms with van der Waals surface area (Å²) in [7, 11) is 0. The molecule has 0 aromatic carbocycles. The maximum atomic E-state index is 11.9. The summed E-state index contributed by atoms with van der Waals surface area (Å²) in [6, 6.07) is 1.95. The van der Waals surface area contributed by atoms with Crippen molar-refractivity contribution in [2.24, 2.45) is 0 Å². The highest BCUT2D eigenvalue weighted by Crippen LogP contribution is 2.40. The van der Waals surface area contributed by atoms with Gasteiger partial charge in [0.1, 0.15) is 11.2 Å². The van der Waals surface area contributed by atoms with Crippen molar-refractivity contribution >= 4 is 17.5 Å². The lowest BCUT2D eigenvalue weighted by Gasteiger charge is -2.19. The van der Waals surface area contributed by atoms with E-state index < -0.39 is 11.7 Å². The molecule has 1 amide bonds. The first-order valence-electron chi connectivity index (χ1n) is 8.22. The number of ketones is 1. The van der Waals surface area contributed by atoms with Gasteiger partial charge >= 0.3 is 6.09 Å². The first-order chi connectivity index (χ1) is 11.2. The molecule has 2 heterocycles. The van der Waals surface area contributed by atoms with Crippen molar-refractivity contribution in [3.05, 3.63) is 35.3 Å². The molecule has 1 aliphatic carbocycles. The number of nitrogens with one attached hydrogen (secondary N) is 1.